The fraction of sp³-hybridized carbons (Fsp3) is 0.231. The van der Waals surface area contributed by atoms with Crippen molar-refractivity contribution in [2.45, 2.75) is 41.5 Å². The van der Waals surface area contributed by atoms with Crippen LogP contribution in [0.2, 0.25) is 0 Å². The van der Waals surface area contributed by atoms with Gasteiger partial charge >= 0.3 is 6.03 Å². The lowest BCUT2D eigenvalue weighted by atomic mass is 10.0. The van der Waals surface area contributed by atoms with Crippen LogP contribution in [0, 0.1) is 41.5 Å². The molecule has 2 heterocycles. The molecule has 1 aromatic heterocycles. The van der Waals surface area contributed by atoms with Crippen molar-refractivity contribution in [2.75, 3.05) is 4.90 Å². The number of rotatable bonds is 3. The molecule has 0 spiro atoms. The number of nitrogens with zero attached hydrogens (tertiary/aromatic N) is 3. The van der Waals surface area contributed by atoms with Crippen LogP contribution in [0.15, 0.2) is 42.0 Å². The van der Waals surface area contributed by atoms with Gasteiger partial charge < -0.3 is 0 Å². The summed E-state index contributed by atoms with van der Waals surface area (Å²) in [4.78, 5) is 39.6. The van der Waals surface area contributed by atoms with Gasteiger partial charge in [0.15, 0.2) is 0 Å². The maximum Gasteiger partial charge on any atom is 0.335 e. The van der Waals surface area contributed by atoms with E-state index in [1.54, 1.807) is 12.1 Å². The van der Waals surface area contributed by atoms with Gasteiger partial charge in [-0.15, -0.1) is 0 Å². The molecule has 0 unspecified atom stereocenters. The summed E-state index contributed by atoms with van der Waals surface area (Å²) in [6, 6.07) is 10.7. The van der Waals surface area contributed by atoms with E-state index in [4.69, 9.17) is 0 Å². The molecule has 0 radical (unpaired) electrons. The van der Waals surface area contributed by atoms with Crippen molar-refractivity contribution >= 4 is 29.6 Å². The molecule has 4 rings (SSSR count). The quantitative estimate of drug-likeness (QED) is 0.482. The highest BCUT2D eigenvalue weighted by Gasteiger charge is 2.38. The second-order valence-corrected chi connectivity index (χ2v) is 8.46. The van der Waals surface area contributed by atoms with Crippen LogP contribution in [0.4, 0.5) is 10.5 Å². The van der Waals surface area contributed by atoms with Crippen molar-refractivity contribution in [3.63, 3.8) is 0 Å². The molecule has 168 valence electrons. The Morgan fingerprint density at radius 2 is 1.61 bits per heavy atom. The Morgan fingerprint density at radius 1 is 0.879 bits per heavy atom. The lowest BCUT2D eigenvalue weighted by Gasteiger charge is -2.28. The number of imide groups is 2. The number of urea groups is 1. The van der Waals surface area contributed by atoms with Gasteiger partial charge in [0.05, 0.1) is 17.1 Å². The molecule has 0 saturated carbocycles. The highest BCUT2D eigenvalue weighted by Crippen LogP contribution is 2.28. The molecule has 1 saturated heterocycles. The number of carbonyl (C=O) groups is 3. The Balaban J connectivity index is 1.81. The number of benzene rings is 2. The van der Waals surface area contributed by atoms with Crippen LogP contribution in [0.5, 0.6) is 0 Å². The van der Waals surface area contributed by atoms with E-state index in [1.807, 2.05) is 64.4 Å². The monoisotopic (exact) mass is 442 g/mol. The summed E-state index contributed by atoms with van der Waals surface area (Å²) in [5, 5.41) is 6.95. The molecule has 33 heavy (non-hydrogen) atoms. The third-order valence-corrected chi connectivity index (χ3v) is 6.14. The highest BCUT2D eigenvalue weighted by molar-refractivity contribution is 6.39. The second-order valence-electron chi connectivity index (χ2n) is 8.46. The van der Waals surface area contributed by atoms with Crippen molar-refractivity contribution in [3.05, 3.63) is 81.2 Å². The molecule has 1 fully saturated rings. The minimum Gasteiger partial charge on any atom is -0.273 e. The van der Waals surface area contributed by atoms with Gasteiger partial charge in [0.25, 0.3) is 11.8 Å². The number of anilines is 1. The topological polar surface area (TPSA) is 84.3 Å². The third kappa shape index (κ3) is 3.75. The van der Waals surface area contributed by atoms with E-state index in [0.717, 1.165) is 38.5 Å². The Morgan fingerprint density at radius 3 is 2.30 bits per heavy atom. The summed E-state index contributed by atoms with van der Waals surface area (Å²) in [6.07, 6.45) is 1.53. The van der Waals surface area contributed by atoms with Gasteiger partial charge in [-0.3, -0.25) is 14.9 Å². The van der Waals surface area contributed by atoms with Gasteiger partial charge in [0.2, 0.25) is 0 Å². The van der Waals surface area contributed by atoms with Gasteiger partial charge in [-0.2, -0.15) is 5.10 Å². The van der Waals surface area contributed by atoms with Gasteiger partial charge in [-0.05, 0) is 76.4 Å². The van der Waals surface area contributed by atoms with Gasteiger partial charge in [-0.1, -0.05) is 29.8 Å². The van der Waals surface area contributed by atoms with Gasteiger partial charge in [0.1, 0.15) is 5.57 Å². The summed E-state index contributed by atoms with van der Waals surface area (Å²) < 4.78 is 1.81. The minimum atomic E-state index is -0.754. The molecular weight excluding hydrogens is 416 g/mol. The van der Waals surface area contributed by atoms with Crippen molar-refractivity contribution < 1.29 is 14.4 Å². The first-order chi connectivity index (χ1) is 15.6. The van der Waals surface area contributed by atoms with Crippen LogP contribution >= 0.6 is 0 Å². The summed E-state index contributed by atoms with van der Waals surface area (Å²) in [5.74, 6) is -1.37. The second kappa shape index (κ2) is 8.16. The number of amides is 4. The van der Waals surface area contributed by atoms with Crippen LogP contribution in [-0.2, 0) is 9.59 Å². The van der Waals surface area contributed by atoms with Crippen molar-refractivity contribution in [1.29, 1.82) is 0 Å². The number of hydrogen-bond donors (Lipinski definition) is 1. The highest BCUT2D eigenvalue weighted by atomic mass is 16.2. The molecule has 3 aromatic rings. The normalized spacial score (nSPS) is 15.4. The maximum absolute atomic E-state index is 13.4. The first-order valence-corrected chi connectivity index (χ1v) is 10.7. The van der Waals surface area contributed by atoms with E-state index < -0.39 is 17.8 Å². The largest absolute Gasteiger partial charge is 0.335 e. The molecule has 2 aromatic carbocycles. The van der Waals surface area contributed by atoms with Gasteiger partial charge in [0, 0.05) is 11.3 Å². The van der Waals surface area contributed by atoms with Gasteiger partial charge in [-0.25, -0.2) is 14.4 Å². The first-order valence-electron chi connectivity index (χ1n) is 10.7. The Hall–Kier alpha value is -4.00. The fourth-order valence-corrected chi connectivity index (χ4v) is 4.14. The summed E-state index contributed by atoms with van der Waals surface area (Å²) in [7, 11) is 0. The summed E-state index contributed by atoms with van der Waals surface area (Å²) in [6.45, 7) is 11.5. The standard InChI is InChI=1S/C26H26N4O3/c1-14-10-11-22(16(3)12-14)30-19(6)20(18(5)28-30)13-21-24(31)27-26(33)29(25(21)32)23-9-7-8-15(2)17(23)4/h7-13H,1-6H3,(H,27,31,33)/b21-13-. The van der Waals surface area contributed by atoms with Crippen molar-refractivity contribution in [2.24, 2.45) is 0 Å². The van der Waals surface area contributed by atoms with Crippen molar-refractivity contribution in [3.8, 4) is 5.69 Å². The molecule has 0 aliphatic carbocycles. The SMILES string of the molecule is Cc1ccc(-n2nc(C)c(/C=C3/C(=O)NC(=O)N(c4cccc(C)c4C)C3=O)c2C)c(C)c1. The Labute approximate surface area is 192 Å². The predicted molar refractivity (Wildman–Crippen MR) is 127 cm³/mol. The van der Waals surface area contributed by atoms with E-state index in [0.29, 0.717) is 16.9 Å². The molecule has 1 aliphatic rings. The fourth-order valence-electron chi connectivity index (χ4n) is 4.14. The van der Waals surface area contributed by atoms with Crippen LogP contribution in [0.1, 0.15) is 39.2 Å². The summed E-state index contributed by atoms with van der Waals surface area (Å²) >= 11 is 0. The number of barbiturate groups is 1. The zero-order chi connectivity index (χ0) is 24.0. The third-order valence-electron chi connectivity index (χ3n) is 6.14. The first kappa shape index (κ1) is 22.2. The smallest absolute Gasteiger partial charge is 0.273 e. The molecule has 7 heteroatoms. The molecular formula is C26H26N4O3. The number of aromatic nitrogens is 2. The summed E-state index contributed by atoms with van der Waals surface area (Å²) in [5.41, 5.74) is 7.37. The Kier molecular flexibility index (Phi) is 5.49. The van der Waals surface area contributed by atoms with Crippen LogP contribution in [-0.4, -0.2) is 27.6 Å². The molecule has 1 aliphatic heterocycles. The van der Waals surface area contributed by atoms with Crippen LogP contribution in [0.25, 0.3) is 11.8 Å². The molecule has 0 bridgehead atoms. The van der Waals surface area contributed by atoms with E-state index in [2.05, 4.69) is 16.5 Å². The average molecular weight is 443 g/mol. The maximum atomic E-state index is 13.4. The van der Waals surface area contributed by atoms with Crippen LogP contribution in [0.3, 0.4) is 0 Å². The predicted octanol–water partition coefficient (Wildman–Crippen LogP) is 4.39. The zero-order valence-electron chi connectivity index (χ0n) is 19.6. The Bertz CT molecular complexity index is 1360. The number of aryl methyl sites for hydroxylation is 4. The lowest BCUT2D eigenvalue weighted by Crippen LogP contribution is -2.54. The number of nitrogens with one attached hydrogen (secondary N) is 1. The van der Waals surface area contributed by atoms with Crippen molar-refractivity contribution in [1.82, 2.24) is 15.1 Å². The van der Waals surface area contributed by atoms with E-state index >= 15 is 0 Å². The molecule has 0 atom stereocenters. The average Bonchev–Trinajstić information content (AvgIpc) is 3.01. The van der Waals surface area contributed by atoms with E-state index in [-0.39, 0.29) is 5.57 Å². The van der Waals surface area contributed by atoms with E-state index in [9.17, 15) is 14.4 Å². The van der Waals surface area contributed by atoms with Crippen LogP contribution < -0.4 is 10.2 Å². The molecule has 4 amide bonds. The lowest BCUT2D eigenvalue weighted by molar-refractivity contribution is -0.122. The minimum absolute atomic E-state index is 0.109. The van der Waals surface area contributed by atoms with E-state index in [1.165, 1.54) is 6.08 Å². The number of carbonyl (C=O) groups excluding carboxylic acids is 3. The number of hydrogen-bond acceptors (Lipinski definition) is 4. The molecule has 1 N–H and O–H groups in total. The zero-order valence-corrected chi connectivity index (χ0v) is 19.6. The molecule has 7 nitrogen and oxygen atoms in total.